The van der Waals surface area contributed by atoms with Crippen LogP contribution in [0.5, 0.6) is 5.75 Å². The van der Waals surface area contributed by atoms with E-state index in [2.05, 4.69) is 0 Å². The van der Waals surface area contributed by atoms with E-state index in [9.17, 15) is 13.2 Å². The van der Waals surface area contributed by atoms with Gasteiger partial charge in [0.25, 0.3) is 0 Å². The van der Waals surface area contributed by atoms with Crippen molar-refractivity contribution >= 4 is 33.3 Å². The highest BCUT2D eigenvalue weighted by Gasteiger charge is 2.28. The molecule has 7 heteroatoms. The summed E-state index contributed by atoms with van der Waals surface area (Å²) in [5.41, 5.74) is 2.25. The van der Waals surface area contributed by atoms with E-state index in [0.717, 1.165) is 16.2 Å². The molecule has 0 radical (unpaired) electrons. The summed E-state index contributed by atoms with van der Waals surface area (Å²) >= 11 is 1.48. The summed E-state index contributed by atoms with van der Waals surface area (Å²) in [6, 6.07) is 13.0. The smallest absolute Gasteiger partial charge is 0.234 e. The number of anilines is 1. The first kappa shape index (κ1) is 19.8. The molecule has 0 fully saturated rings. The Hall–Kier alpha value is -1.99. The van der Waals surface area contributed by atoms with E-state index in [1.54, 1.807) is 19.1 Å². The Morgan fingerprint density at radius 3 is 2.56 bits per heavy atom. The van der Waals surface area contributed by atoms with Crippen LogP contribution in [0, 0.1) is 0 Å². The minimum atomic E-state index is -3.26. The van der Waals surface area contributed by atoms with Crippen LogP contribution in [0.3, 0.4) is 0 Å². The largest absolute Gasteiger partial charge is 0.494 e. The van der Waals surface area contributed by atoms with Crippen LogP contribution in [0.25, 0.3) is 0 Å². The summed E-state index contributed by atoms with van der Waals surface area (Å²) in [6.07, 6.45) is 0.641. The first-order valence-corrected chi connectivity index (χ1v) is 11.6. The van der Waals surface area contributed by atoms with Gasteiger partial charge in [0, 0.05) is 17.0 Å². The summed E-state index contributed by atoms with van der Waals surface area (Å²) in [7, 11) is -3.26. The van der Waals surface area contributed by atoms with E-state index < -0.39 is 10.0 Å². The summed E-state index contributed by atoms with van der Waals surface area (Å²) in [5, 5.41) is 0. The van der Waals surface area contributed by atoms with E-state index in [0.29, 0.717) is 36.6 Å². The van der Waals surface area contributed by atoms with Crippen molar-refractivity contribution in [1.29, 1.82) is 0 Å². The fourth-order valence-electron chi connectivity index (χ4n) is 3.02. The van der Waals surface area contributed by atoms with Crippen molar-refractivity contribution in [3.05, 3.63) is 53.6 Å². The Bertz CT molecular complexity index is 923. The first-order valence-electron chi connectivity index (χ1n) is 8.96. The highest BCUT2D eigenvalue weighted by Crippen LogP contribution is 2.32. The van der Waals surface area contributed by atoms with Crippen LogP contribution in [-0.2, 0) is 16.4 Å². The van der Waals surface area contributed by atoms with Crippen LogP contribution >= 0.6 is 11.8 Å². The van der Waals surface area contributed by atoms with Crippen molar-refractivity contribution in [3.8, 4) is 5.75 Å². The van der Waals surface area contributed by atoms with Crippen LogP contribution in [0.15, 0.2) is 47.4 Å². The fourth-order valence-corrected chi connectivity index (χ4v) is 4.97. The van der Waals surface area contributed by atoms with Gasteiger partial charge in [-0.25, -0.2) is 8.42 Å². The molecule has 1 aliphatic heterocycles. The molecule has 0 bridgehead atoms. The average molecular weight is 406 g/mol. The van der Waals surface area contributed by atoms with Crippen LogP contribution in [0.1, 0.15) is 29.8 Å². The molecule has 1 heterocycles. The van der Waals surface area contributed by atoms with Crippen LogP contribution in [-0.4, -0.2) is 38.9 Å². The monoisotopic (exact) mass is 405 g/mol. The molecule has 3 rings (SSSR count). The molecule has 2 aromatic rings. The molecular weight excluding hydrogens is 382 g/mol. The quantitative estimate of drug-likeness (QED) is 0.494. The van der Waals surface area contributed by atoms with Gasteiger partial charge >= 0.3 is 0 Å². The zero-order valence-corrected chi connectivity index (χ0v) is 17.1. The summed E-state index contributed by atoms with van der Waals surface area (Å²) in [6.45, 7) is 4.66. The van der Waals surface area contributed by atoms with Gasteiger partial charge in [-0.15, -0.1) is 11.8 Å². The van der Waals surface area contributed by atoms with Gasteiger partial charge in [0.05, 0.1) is 23.8 Å². The Kier molecular flexibility index (Phi) is 6.11. The SMILES string of the molecule is CCOc1ccc(SCC(=O)c2ccc3c(c2)CCN3S(=O)(=O)CC)cc1. The number of ether oxygens (including phenoxy) is 1. The molecule has 0 aromatic heterocycles. The molecule has 0 atom stereocenters. The number of carbonyl (C=O) groups excluding carboxylic acids is 1. The number of benzene rings is 2. The molecule has 0 N–H and O–H groups in total. The number of Topliss-reactive ketones (excluding diaryl/α,β-unsaturated/α-hetero) is 1. The van der Waals surface area contributed by atoms with Crippen LogP contribution in [0.2, 0.25) is 0 Å². The van der Waals surface area contributed by atoms with E-state index >= 15 is 0 Å². The normalized spacial score (nSPS) is 13.5. The van der Waals surface area contributed by atoms with Gasteiger partial charge in [0.1, 0.15) is 5.75 Å². The molecule has 0 saturated carbocycles. The highest BCUT2D eigenvalue weighted by atomic mass is 32.2. The Labute approximate surface area is 164 Å². The molecule has 5 nitrogen and oxygen atoms in total. The number of rotatable bonds is 8. The minimum Gasteiger partial charge on any atom is -0.494 e. The van der Waals surface area contributed by atoms with Crippen LogP contribution in [0.4, 0.5) is 5.69 Å². The minimum absolute atomic E-state index is 0.0356. The fraction of sp³-hybridized carbons (Fsp3) is 0.350. The second-order valence-electron chi connectivity index (χ2n) is 6.18. The van der Waals surface area contributed by atoms with Crippen molar-refractivity contribution in [3.63, 3.8) is 0 Å². The molecule has 0 spiro atoms. The summed E-state index contributed by atoms with van der Waals surface area (Å²) < 4.78 is 31.2. The van der Waals surface area contributed by atoms with Crippen molar-refractivity contribution in [1.82, 2.24) is 0 Å². The number of ketones is 1. The summed E-state index contributed by atoms with van der Waals surface area (Å²) in [4.78, 5) is 13.6. The number of sulfonamides is 1. The number of nitrogens with zero attached hydrogens (tertiary/aromatic N) is 1. The van der Waals surface area contributed by atoms with Crippen molar-refractivity contribution in [2.45, 2.75) is 25.2 Å². The zero-order valence-electron chi connectivity index (χ0n) is 15.5. The molecule has 0 saturated heterocycles. The lowest BCUT2D eigenvalue weighted by atomic mass is 10.1. The lowest BCUT2D eigenvalue weighted by Crippen LogP contribution is -2.30. The van der Waals surface area contributed by atoms with E-state index in [4.69, 9.17) is 4.74 Å². The van der Waals surface area contributed by atoms with E-state index in [-0.39, 0.29) is 11.5 Å². The Morgan fingerprint density at radius 2 is 1.89 bits per heavy atom. The molecule has 2 aromatic carbocycles. The van der Waals surface area contributed by atoms with Gasteiger partial charge in [0.2, 0.25) is 10.0 Å². The van der Waals surface area contributed by atoms with Crippen molar-refractivity contribution < 1.29 is 17.9 Å². The maximum absolute atomic E-state index is 12.5. The molecule has 27 heavy (non-hydrogen) atoms. The maximum atomic E-state index is 12.5. The van der Waals surface area contributed by atoms with Crippen molar-refractivity contribution in [2.75, 3.05) is 29.0 Å². The number of carbonyl (C=O) groups is 1. The molecule has 0 amide bonds. The predicted molar refractivity (Wildman–Crippen MR) is 110 cm³/mol. The maximum Gasteiger partial charge on any atom is 0.234 e. The molecule has 0 unspecified atom stereocenters. The standard InChI is InChI=1S/C20H23NO4S2/c1-3-25-17-6-8-18(9-7-17)26-14-20(22)16-5-10-19-15(13-16)11-12-21(19)27(23,24)4-2/h5-10,13H,3-4,11-12,14H2,1-2H3. The molecule has 144 valence electrons. The lowest BCUT2D eigenvalue weighted by molar-refractivity contribution is 0.102. The van der Waals surface area contributed by atoms with Crippen molar-refractivity contribution in [2.24, 2.45) is 0 Å². The van der Waals surface area contributed by atoms with E-state index in [1.807, 2.05) is 37.3 Å². The number of thioether (sulfide) groups is 1. The Balaban J connectivity index is 1.66. The zero-order chi connectivity index (χ0) is 19.4. The van der Waals surface area contributed by atoms with Crippen LogP contribution < -0.4 is 9.04 Å². The number of hydrogen-bond donors (Lipinski definition) is 0. The lowest BCUT2D eigenvalue weighted by Gasteiger charge is -2.18. The van der Waals surface area contributed by atoms with Gasteiger partial charge in [-0.2, -0.15) is 0 Å². The Morgan fingerprint density at radius 1 is 1.15 bits per heavy atom. The van der Waals surface area contributed by atoms with Gasteiger partial charge < -0.3 is 4.74 Å². The third-order valence-corrected chi connectivity index (χ3v) is 7.25. The molecular formula is C20H23NO4S2. The third-order valence-electron chi connectivity index (χ3n) is 4.46. The van der Waals surface area contributed by atoms with E-state index in [1.165, 1.54) is 16.1 Å². The topological polar surface area (TPSA) is 63.7 Å². The van der Waals surface area contributed by atoms with Gasteiger partial charge in [-0.1, -0.05) is 0 Å². The third kappa shape index (κ3) is 4.47. The molecule has 1 aliphatic rings. The number of fused-ring (bicyclic) bond motifs is 1. The predicted octanol–water partition coefficient (Wildman–Crippen LogP) is 3.77. The van der Waals surface area contributed by atoms with Gasteiger partial charge in [-0.3, -0.25) is 9.10 Å². The highest BCUT2D eigenvalue weighted by molar-refractivity contribution is 8.00. The summed E-state index contributed by atoms with van der Waals surface area (Å²) in [5.74, 6) is 1.27. The second kappa shape index (κ2) is 8.35. The van der Waals surface area contributed by atoms with Gasteiger partial charge in [-0.05, 0) is 68.3 Å². The second-order valence-corrected chi connectivity index (χ2v) is 9.41. The molecule has 0 aliphatic carbocycles. The first-order chi connectivity index (χ1) is 12.9. The van der Waals surface area contributed by atoms with Gasteiger partial charge in [0.15, 0.2) is 5.78 Å². The number of hydrogen-bond acceptors (Lipinski definition) is 5. The average Bonchev–Trinajstić information content (AvgIpc) is 3.11.